The molecule has 2 aliphatic rings. The maximum Gasteiger partial charge on any atom is 0.341 e. The average Bonchev–Trinajstić information content (AvgIpc) is 3.22. The van der Waals surface area contributed by atoms with Crippen molar-refractivity contribution in [2.24, 2.45) is 0 Å². The minimum atomic E-state index is -0.722. The Hall–Kier alpha value is -1.97. The Morgan fingerprint density at radius 3 is 2.65 bits per heavy atom. The summed E-state index contributed by atoms with van der Waals surface area (Å²) < 4.78 is 4.85. The lowest BCUT2D eigenvalue weighted by atomic mass is 10.1. The maximum absolute atomic E-state index is 12.4. The Labute approximate surface area is 155 Å². The second-order valence-corrected chi connectivity index (χ2v) is 7.63. The first-order chi connectivity index (χ1) is 12.5. The molecule has 1 aromatic heterocycles. The molecule has 2 heterocycles. The molecule has 1 fully saturated rings. The molecule has 1 aromatic rings. The van der Waals surface area contributed by atoms with E-state index in [1.165, 1.54) is 28.2 Å². The van der Waals surface area contributed by atoms with Crippen molar-refractivity contribution in [1.82, 2.24) is 4.90 Å². The summed E-state index contributed by atoms with van der Waals surface area (Å²) in [7, 11) is 1.31. The van der Waals surface area contributed by atoms with Gasteiger partial charge in [-0.2, -0.15) is 0 Å². The van der Waals surface area contributed by atoms with Gasteiger partial charge in [-0.1, -0.05) is 0 Å². The molecule has 0 aromatic carbocycles. The number of hydrogen-bond donors (Lipinski definition) is 3. The maximum atomic E-state index is 12.4. The molecule has 142 valence electrons. The van der Waals surface area contributed by atoms with Crippen molar-refractivity contribution in [1.29, 1.82) is 0 Å². The number of thiophene rings is 1. The Morgan fingerprint density at radius 1 is 1.27 bits per heavy atom. The molecule has 0 spiro atoms. The number of anilines is 1. The first kappa shape index (κ1) is 18.8. The molecule has 0 saturated carbocycles. The summed E-state index contributed by atoms with van der Waals surface area (Å²) in [6.45, 7) is 3.14. The Balaban J connectivity index is 1.67. The summed E-state index contributed by atoms with van der Waals surface area (Å²) in [6, 6.07) is 0. The molecule has 0 radical (unpaired) electrons. The van der Waals surface area contributed by atoms with Crippen LogP contribution in [0.15, 0.2) is 0 Å². The fraction of sp³-hybridized carbons (Fsp3) is 0.588. The quantitative estimate of drug-likeness (QED) is 0.443. The van der Waals surface area contributed by atoms with Crippen LogP contribution in [0.25, 0.3) is 0 Å². The number of carbonyl (C=O) groups is 3. The number of aryl methyl sites for hydroxylation is 1. The second kappa shape index (κ2) is 8.15. The van der Waals surface area contributed by atoms with Gasteiger partial charge in [0.1, 0.15) is 11.5 Å². The molecule has 3 rings (SSSR count). The van der Waals surface area contributed by atoms with Crippen LogP contribution in [0.2, 0.25) is 0 Å². The van der Waals surface area contributed by atoms with Crippen molar-refractivity contribution < 1.29 is 29.1 Å². The highest BCUT2D eigenvalue weighted by atomic mass is 32.1. The van der Waals surface area contributed by atoms with Gasteiger partial charge in [-0.05, 0) is 24.8 Å². The molecule has 0 unspecified atom stereocenters. The van der Waals surface area contributed by atoms with Crippen molar-refractivity contribution in [2.75, 3.05) is 51.8 Å². The number of fused-ring (bicyclic) bond motifs is 1. The lowest BCUT2D eigenvalue weighted by molar-refractivity contribution is -0.904. The van der Waals surface area contributed by atoms with Gasteiger partial charge in [-0.3, -0.25) is 9.59 Å². The summed E-state index contributed by atoms with van der Waals surface area (Å²) in [6.07, 6.45) is 2.65. The highest BCUT2D eigenvalue weighted by Gasteiger charge is 2.31. The van der Waals surface area contributed by atoms with Crippen molar-refractivity contribution in [3.8, 4) is 0 Å². The van der Waals surface area contributed by atoms with Crippen LogP contribution in [-0.4, -0.2) is 74.2 Å². The van der Waals surface area contributed by atoms with Crippen LogP contribution in [0.1, 0.15) is 27.2 Å². The van der Waals surface area contributed by atoms with Crippen molar-refractivity contribution in [3.05, 3.63) is 16.0 Å². The fourth-order valence-corrected chi connectivity index (χ4v) is 4.82. The highest BCUT2D eigenvalue weighted by Crippen LogP contribution is 2.39. The molecule has 1 saturated heterocycles. The van der Waals surface area contributed by atoms with Gasteiger partial charge in [0.15, 0.2) is 0 Å². The third-order valence-corrected chi connectivity index (χ3v) is 6.16. The number of aliphatic hydroxyl groups excluding tert-OH is 1. The van der Waals surface area contributed by atoms with Crippen LogP contribution in [0.3, 0.4) is 0 Å². The van der Waals surface area contributed by atoms with E-state index in [-0.39, 0.29) is 6.61 Å². The van der Waals surface area contributed by atoms with Crippen LogP contribution < -0.4 is 10.2 Å². The second-order valence-electron chi connectivity index (χ2n) is 6.52. The number of nitrogens with one attached hydrogen (secondary N) is 2. The number of rotatable bonds is 4. The number of hydrogen-bond acceptors (Lipinski definition) is 6. The molecule has 8 nitrogen and oxygen atoms in total. The summed E-state index contributed by atoms with van der Waals surface area (Å²) in [5.41, 5.74) is 1.33. The van der Waals surface area contributed by atoms with Gasteiger partial charge in [0.05, 0.1) is 45.5 Å². The number of amides is 2. The number of piperazine rings is 1. The van der Waals surface area contributed by atoms with Gasteiger partial charge in [-0.25, -0.2) is 4.79 Å². The molecule has 3 N–H and O–H groups in total. The van der Waals surface area contributed by atoms with E-state index in [2.05, 4.69) is 5.32 Å². The predicted octanol–water partition coefficient (Wildman–Crippen LogP) is -1.32. The predicted molar refractivity (Wildman–Crippen MR) is 95.5 cm³/mol. The van der Waals surface area contributed by atoms with Crippen LogP contribution in [0, 0.1) is 0 Å². The van der Waals surface area contributed by atoms with E-state index in [1.807, 2.05) is 0 Å². The average molecular weight is 382 g/mol. The minimum absolute atomic E-state index is 0.114. The largest absolute Gasteiger partial charge is 0.465 e. The van der Waals surface area contributed by atoms with E-state index in [1.54, 1.807) is 0 Å². The Bertz CT molecular complexity index is 709. The normalized spacial score (nSPS) is 17.1. The smallest absolute Gasteiger partial charge is 0.341 e. The zero-order valence-electron chi connectivity index (χ0n) is 14.8. The minimum Gasteiger partial charge on any atom is -0.465 e. The Morgan fingerprint density at radius 2 is 2.00 bits per heavy atom. The van der Waals surface area contributed by atoms with E-state index < -0.39 is 17.8 Å². The fourth-order valence-electron chi connectivity index (χ4n) is 3.54. The van der Waals surface area contributed by atoms with Crippen molar-refractivity contribution >= 4 is 34.1 Å². The lowest BCUT2D eigenvalue weighted by Gasteiger charge is -2.31. The molecule has 0 bridgehead atoms. The standard InChI is InChI=1S/C17H23N3O5S/c1-25-17(24)13-11-3-2-4-12(11)26-15(13)18-14(22)16(23)20-7-5-19(6-8-20)9-10-21/h21H,2-10H2,1H3,(H,18,22)/p+1. The number of ether oxygens (including phenoxy) is 1. The van der Waals surface area contributed by atoms with E-state index in [0.29, 0.717) is 43.3 Å². The zero-order valence-corrected chi connectivity index (χ0v) is 15.6. The zero-order chi connectivity index (χ0) is 18.7. The summed E-state index contributed by atoms with van der Waals surface area (Å²) >= 11 is 1.36. The number of carbonyl (C=O) groups excluding carboxylic acids is 3. The van der Waals surface area contributed by atoms with Gasteiger partial charge in [0.2, 0.25) is 0 Å². The van der Waals surface area contributed by atoms with E-state index in [4.69, 9.17) is 9.84 Å². The van der Waals surface area contributed by atoms with Gasteiger partial charge >= 0.3 is 17.8 Å². The van der Waals surface area contributed by atoms with Crippen LogP contribution in [-0.2, 0) is 27.2 Å². The van der Waals surface area contributed by atoms with Gasteiger partial charge in [0, 0.05) is 4.88 Å². The van der Waals surface area contributed by atoms with Crippen LogP contribution in [0.4, 0.5) is 5.00 Å². The molecule has 0 atom stereocenters. The van der Waals surface area contributed by atoms with E-state index in [9.17, 15) is 14.4 Å². The number of esters is 1. The number of nitrogens with zero attached hydrogens (tertiary/aromatic N) is 1. The first-order valence-electron chi connectivity index (χ1n) is 8.82. The van der Waals surface area contributed by atoms with E-state index >= 15 is 0 Å². The highest BCUT2D eigenvalue weighted by molar-refractivity contribution is 7.17. The summed E-state index contributed by atoms with van der Waals surface area (Å²) in [5, 5.41) is 12.0. The third-order valence-electron chi connectivity index (χ3n) is 4.96. The molecular weight excluding hydrogens is 358 g/mol. The lowest BCUT2D eigenvalue weighted by Crippen LogP contribution is -3.15. The molecular formula is C17H24N3O5S+. The molecule has 2 amide bonds. The molecule has 9 heteroatoms. The van der Waals surface area contributed by atoms with Crippen LogP contribution in [0.5, 0.6) is 0 Å². The monoisotopic (exact) mass is 382 g/mol. The van der Waals surface area contributed by atoms with Crippen LogP contribution >= 0.6 is 11.3 Å². The van der Waals surface area contributed by atoms with Crippen molar-refractivity contribution in [3.63, 3.8) is 0 Å². The summed E-state index contributed by atoms with van der Waals surface area (Å²) in [5.74, 6) is -1.79. The molecule has 1 aliphatic carbocycles. The number of quaternary nitrogens is 1. The topological polar surface area (TPSA) is 100 Å². The van der Waals surface area contributed by atoms with Gasteiger partial charge in [0.25, 0.3) is 0 Å². The Kier molecular flexibility index (Phi) is 5.90. The SMILES string of the molecule is COC(=O)c1c(NC(=O)C(=O)N2CC[NH+](CCO)CC2)sc2c1CCC2. The number of methoxy groups -OCH3 is 1. The van der Waals surface area contributed by atoms with Crippen molar-refractivity contribution in [2.45, 2.75) is 19.3 Å². The van der Waals surface area contributed by atoms with Gasteiger partial charge in [-0.15, -0.1) is 11.3 Å². The van der Waals surface area contributed by atoms with Gasteiger partial charge < -0.3 is 25.0 Å². The first-order valence-corrected chi connectivity index (χ1v) is 9.64. The third kappa shape index (κ3) is 3.74. The number of aliphatic hydroxyl groups is 1. The van der Waals surface area contributed by atoms with E-state index in [0.717, 1.165) is 29.7 Å². The molecule has 26 heavy (non-hydrogen) atoms. The summed E-state index contributed by atoms with van der Waals surface area (Å²) in [4.78, 5) is 40.8. The molecule has 1 aliphatic heterocycles.